The predicted octanol–water partition coefficient (Wildman–Crippen LogP) is 2.25. The summed E-state index contributed by atoms with van der Waals surface area (Å²) in [5.74, 6) is 6.28. The smallest absolute Gasteiger partial charge is 0.0365 e. The monoisotopic (exact) mass is 222 g/mol. The molecule has 0 bridgehead atoms. The summed E-state index contributed by atoms with van der Waals surface area (Å²) >= 11 is 0. The van der Waals surface area contributed by atoms with Crippen LogP contribution in [0.3, 0.4) is 0 Å². The summed E-state index contributed by atoms with van der Waals surface area (Å²) in [6.45, 7) is 5.15. The highest BCUT2D eigenvalue weighted by molar-refractivity contribution is 5.08. The molecule has 1 aliphatic rings. The Bertz CT molecular complexity index is 254. The molecule has 0 saturated heterocycles. The summed E-state index contributed by atoms with van der Waals surface area (Å²) in [6, 6.07) is 0.516. The molecule has 0 aromatic rings. The third kappa shape index (κ3) is 2.78. The molecule has 0 amide bonds. The summed E-state index contributed by atoms with van der Waals surface area (Å²) in [5, 5.41) is 3.64. The number of hydrogen-bond acceptors (Lipinski definition) is 2. The van der Waals surface area contributed by atoms with E-state index in [9.17, 15) is 0 Å². The van der Waals surface area contributed by atoms with E-state index in [1.165, 1.54) is 25.7 Å². The molecule has 1 fully saturated rings. The van der Waals surface area contributed by atoms with E-state index in [0.717, 1.165) is 13.0 Å². The van der Waals surface area contributed by atoms with Crippen molar-refractivity contribution in [2.24, 2.45) is 0 Å². The Morgan fingerprint density at radius 2 is 1.94 bits per heavy atom. The molecule has 1 atom stereocenters. The highest BCUT2D eigenvalue weighted by Gasteiger charge is 2.42. The van der Waals surface area contributed by atoms with Gasteiger partial charge in [0.1, 0.15) is 0 Å². The molecule has 92 valence electrons. The molecule has 1 N–H and O–H groups in total. The van der Waals surface area contributed by atoms with Crippen molar-refractivity contribution in [2.75, 3.05) is 20.6 Å². The average Bonchev–Trinajstić information content (AvgIpc) is 2.74. The largest absolute Gasteiger partial charge is 0.312 e. The van der Waals surface area contributed by atoms with Gasteiger partial charge in [-0.2, -0.15) is 0 Å². The van der Waals surface area contributed by atoms with Gasteiger partial charge in [0.25, 0.3) is 0 Å². The topological polar surface area (TPSA) is 15.3 Å². The van der Waals surface area contributed by atoms with Crippen LogP contribution in [0, 0.1) is 11.8 Å². The van der Waals surface area contributed by atoms with Crippen LogP contribution in [0.2, 0.25) is 0 Å². The van der Waals surface area contributed by atoms with Crippen molar-refractivity contribution in [1.82, 2.24) is 10.2 Å². The minimum atomic E-state index is 0.333. The van der Waals surface area contributed by atoms with E-state index in [4.69, 9.17) is 0 Å². The van der Waals surface area contributed by atoms with Crippen LogP contribution in [0.1, 0.15) is 46.0 Å². The lowest BCUT2D eigenvalue weighted by Gasteiger charge is -2.43. The van der Waals surface area contributed by atoms with E-state index in [1.807, 2.05) is 6.92 Å². The van der Waals surface area contributed by atoms with Crippen molar-refractivity contribution in [2.45, 2.75) is 57.5 Å². The Balaban J connectivity index is 2.81. The molecule has 0 aromatic carbocycles. The SMILES string of the molecule is CC#CCC(NCC)C1(N(C)C)CCCC1. The second kappa shape index (κ2) is 6.27. The first-order valence-corrected chi connectivity index (χ1v) is 6.47. The Morgan fingerprint density at radius 1 is 1.31 bits per heavy atom. The molecule has 16 heavy (non-hydrogen) atoms. The van der Waals surface area contributed by atoms with E-state index in [1.54, 1.807) is 0 Å². The Labute approximate surface area is 101 Å². The lowest BCUT2D eigenvalue weighted by atomic mass is 9.85. The molecular weight excluding hydrogens is 196 g/mol. The molecule has 2 heteroatoms. The fourth-order valence-electron chi connectivity index (χ4n) is 3.00. The van der Waals surface area contributed by atoms with Crippen LogP contribution in [0.4, 0.5) is 0 Å². The third-order valence-electron chi connectivity index (χ3n) is 3.94. The van der Waals surface area contributed by atoms with Crippen molar-refractivity contribution >= 4 is 0 Å². The first-order valence-electron chi connectivity index (χ1n) is 6.47. The van der Waals surface area contributed by atoms with E-state index < -0.39 is 0 Å². The number of nitrogens with zero attached hydrogens (tertiary/aromatic N) is 1. The predicted molar refractivity (Wildman–Crippen MR) is 70.4 cm³/mol. The van der Waals surface area contributed by atoms with Gasteiger partial charge in [-0.05, 0) is 40.4 Å². The zero-order valence-corrected chi connectivity index (χ0v) is 11.3. The van der Waals surface area contributed by atoms with Crippen LogP contribution in [-0.4, -0.2) is 37.1 Å². The van der Waals surface area contributed by atoms with Gasteiger partial charge in [-0.3, -0.25) is 0 Å². The van der Waals surface area contributed by atoms with Crippen molar-refractivity contribution in [1.29, 1.82) is 0 Å². The summed E-state index contributed by atoms with van der Waals surface area (Å²) in [4.78, 5) is 2.42. The first-order chi connectivity index (χ1) is 7.67. The van der Waals surface area contributed by atoms with Crippen molar-refractivity contribution in [3.63, 3.8) is 0 Å². The normalized spacial score (nSPS) is 20.6. The van der Waals surface area contributed by atoms with Crippen LogP contribution >= 0.6 is 0 Å². The summed E-state index contributed by atoms with van der Waals surface area (Å²) in [7, 11) is 4.43. The highest BCUT2D eigenvalue weighted by atomic mass is 15.2. The molecule has 1 saturated carbocycles. The maximum Gasteiger partial charge on any atom is 0.0365 e. The number of likely N-dealkylation sites (N-methyl/N-ethyl adjacent to an activating group) is 2. The maximum absolute atomic E-state index is 3.64. The summed E-state index contributed by atoms with van der Waals surface area (Å²) in [5.41, 5.74) is 0.333. The molecule has 0 heterocycles. The van der Waals surface area contributed by atoms with Crippen molar-refractivity contribution in [3.8, 4) is 11.8 Å². The molecule has 0 radical (unpaired) electrons. The average molecular weight is 222 g/mol. The Kier molecular flexibility index (Phi) is 5.31. The van der Waals surface area contributed by atoms with E-state index in [0.29, 0.717) is 11.6 Å². The fourth-order valence-corrected chi connectivity index (χ4v) is 3.00. The van der Waals surface area contributed by atoms with Gasteiger partial charge in [0.2, 0.25) is 0 Å². The molecule has 2 nitrogen and oxygen atoms in total. The van der Waals surface area contributed by atoms with Gasteiger partial charge in [-0.1, -0.05) is 19.8 Å². The van der Waals surface area contributed by atoms with E-state index in [2.05, 4.69) is 43.1 Å². The van der Waals surface area contributed by atoms with Gasteiger partial charge in [-0.15, -0.1) is 11.8 Å². The summed E-state index contributed by atoms with van der Waals surface area (Å²) < 4.78 is 0. The molecule has 1 rings (SSSR count). The fraction of sp³-hybridized carbons (Fsp3) is 0.857. The molecule has 0 aromatic heterocycles. The molecule has 1 aliphatic carbocycles. The van der Waals surface area contributed by atoms with Gasteiger partial charge in [0, 0.05) is 18.0 Å². The maximum atomic E-state index is 3.64. The number of rotatable bonds is 5. The number of hydrogen-bond donors (Lipinski definition) is 1. The Hall–Kier alpha value is -0.520. The van der Waals surface area contributed by atoms with Gasteiger partial charge in [0.05, 0.1) is 0 Å². The van der Waals surface area contributed by atoms with Crippen molar-refractivity contribution in [3.05, 3.63) is 0 Å². The minimum absolute atomic E-state index is 0.333. The van der Waals surface area contributed by atoms with E-state index in [-0.39, 0.29) is 0 Å². The summed E-state index contributed by atoms with van der Waals surface area (Å²) in [6.07, 6.45) is 6.31. The Morgan fingerprint density at radius 3 is 2.38 bits per heavy atom. The molecule has 1 unspecified atom stereocenters. The zero-order valence-electron chi connectivity index (χ0n) is 11.3. The van der Waals surface area contributed by atoms with Crippen LogP contribution in [0.5, 0.6) is 0 Å². The lowest BCUT2D eigenvalue weighted by molar-refractivity contribution is 0.107. The van der Waals surface area contributed by atoms with Crippen molar-refractivity contribution < 1.29 is 0 Å². The van der Waals surface area contributed by atoms with Gasteiger partial charge >= 0.3 is 0 Å². The highest BCUT2D eigenvalue weighted by Crippen LogP contribution is 2.37. The van der Waals surface area contributed by atoms with Gasteiger partial charge in [-0.25, -0.2) is 0 Å². The minimum Gasteiger partial charge on any atom is -0.312 e. The van der Waals surface area contributed by atoms with Gasteiger partial charge in [0.15, 0.2) is 0 Å². The lowest BCUT2D eigenvalue weighted by Crippen LogP contribution is -2.57. The van der Waals surface area contributed by atoms with Crippen LogP contribution in [0.25, 0.3) is 0 Å². The third-order valence-corrected chi connectivity index (χ3v) is 3.94. The van der Waals surface area contributed by atoms with E-state index >= 15 is 0 Å². The van der Waals surface area contributed by atoms with Crippen LogP contribution in [-0.2, 0) is 0 Å². The second-order valence-electron chi connectivity index (χ2n) is 4.95. The zero-order chi connectivity index (χ0) is 12.0. The molecule has 0 spiro atoms. The second-order valence-corrected chi connectivity index (χ2v) is 4.95. The van der Waals surface area contributed by atoms with Crippen LogP contribution < -0.4 is 5.32 Å². The van der Waals surface area contributed by atoms with Crippen LogP contribution in [0.15, 0.2) is 0 Å². The molecular formula is C14H26N2. The molecule has 0 aliphatic heterocycles. The quantitative estimate of drug-likeness (QED) is 0.718. The van der Waals surface area contributed by atoms with Gasteiger partial charge < -0.3 is 10.2 Å². The first kappa shape index (κ1) is 13.5. The standard InChI is InChI=1S/C14H26N2/c1-5-7-10-13(15-6-2)14(16(3)4)11-8-9-12-14/h13,15H,6,8-12H2,1-4H3. The number of nitrogens with one attached hydrogen (secondary N) is 1.